The van der Waals surface area contributed by atoms with Crippen LogP contribution in [0.3, 0.4) is 0 Å². The number of benzene rings is 1. The van der Waals surface area contributed by atoms with Crippen molar-refractivity contribution >= 4 is 23.7 Å². The third kappa shape index (κ3) is 5.10. The minimum atomic E-state index is -0.426. The van der Waals surface area contributed by atoms with E-state index in [0.29, 0.717) is 44.0 Å². The van der Waals surface area contributed by atoms with Crippen LogP contribution in [0.25, 0.3) is 0 Å². The molecule has 8 nitrogen and oxygen atoms in total. The number of hydrogen-bond acceptors (Lipinski definition) is 6. The van der Waals surface area contributed by atoms with Crippen LogP contribution in [0.2, 0.25) is 0 Å². The van der Waals surface area contributed by atoms with Gasteiger partial charge in [-0.1, -0.05) is 6.07 Å². The van der Waals surface area contributed by atoms with Gasteiger partial charge in [0.2, 0.25) is 5.91 Å². The second-order valence-corrected chi connectivity index (χ2v) is 5.49. The molecular formula is C17H23N3O5. The molecule has 1 aromatic rings. The van der Waals surface area contributed by atoms with E-state index in [4.69, 9.17) is 4.74 Å². The van der Waals surface area contributed by atoms with Crippen LogP contribution in [0.1, 0.15) is 17.3 Å². The summed E-state index contributed by atoms with van der Waals surface area (Å²) in [5.74, 6) is -0.489. The van der Waals surface area contributed by atoms with Crippen molar-refractivity contribution in [3.8, 4) is 0 Å². The van der Waals surface area contributed by atoms with Crippen molar-refractivity contribution in [2.45, 2.75) is 6.92 Å². The summed E-state index contributed by atoms with van der Waals surface area (Å²) in [6.45, 7) is 4.09. The van der Waals surface area contributed by atoms with E-state index in [1.807, 2.05) is 0 Å². The molecule has 0 aliphatic carbocycles. The number of amides is 2. The molecule has 0 aromatic heterocycles. The Hall–Kier alpha value is -2.77. The molecule has 0 spiro atoms. The van der Waals surface area contributed by atoms with Crippen LogP contribution in [-0.2, 0) is 14.3 Å². The number of nitrogens with zero attached hydrogens (tertiary/aromatic N) is 2. The third-order valence-corrected chi connectivity index (χ3v) is 3.89. The van der Waals surface area contributed by atoms with Crippen LogP contribution in [0.15, 0.2) is 24.3 Å². The van der Waals surface area contributed by atoms with Gasteiger partial charge >= 0.3 is 12.1 Å². The molecular weight excluding hydrogens is 326 g/mol. The van der Waals surface area contributed by atoms with E-state index >= 15 is 0 Å². The number of rotatable bonds is 5. The van der Waals surface area contributed by atoms with Crippen molar-refractivity contribution in [3.63, 3.8) is 0 Å². The molecule has 1 heterocycles. The Morgan fingerprint density at radius 3 is 2.44 bits per heavy atom. The number of hydrogen-bond donors (Lipinski definition) is 1. The molecule has 1 aromatic carbocycles. The van der Waals surface area contributed by atoms with Crippen LogP contribution in [-0.4, -0.2) is 74.2 Å². The van der Waals surface area contributed by atoms with Gasteiger partial charge in [0.05, 0.1) is 25.8 Å². The molecule has 1 aliphatic heterocycles. The van der Waals surface area contributed by atoms with Crippen LogP contribution in [0, 0.1) is 0 Å². The highest BCUT2D eigenvalue weighted by molar-refractivity contribution is 5.90. The molecule has 1 saturated heterocycles. The third-order valence-electron chi connectivity index (χ3n) is 3.89. The van der Waals surface area contributed by atoms with Gasteiger partial charge in [-0.3, -0.25) is 4.79 Å². The first-order valence-corrected chi connectivity index (χ1v) is 8.17. The van der Waals surface area contributed by atoms with Crippen molar-refractivity contribution in [2.75, 3.05) is 51.8 Å². The van der Waals surface area contributed by atoms with Gasteiger partial charge in [-0.15, -0.1) is 0 Å². The van der Waals surface area contributed by atoms with Gasteiger partial charge in [-0.2, -0.15) is 0 Å². The fourth-order valence-electron chi connectivity index (χ4n) is 2.52. The van der Waals surface area contributed by atoms with Gasteiger partial charge in [-0.05, 0) is 25.1 Å². The van der Waals surface area contributed by atoms with E-state index in [1.54, 1.807) is 41.0 Å². The van der Waals surface area contributed by atoms with Crippen molar-refractivity contribution in [1.29, 1.82) is 0 Å². The van der Waals surface area contributed by atoms with E-state index in [-0.39, 0.29) is 18.5 Å². The average Bonchev–Trinajstić information content (AvgIpc) is 2.66. The van der Waals surface area contributed by atoms with Crippen LogP contribution >= 0.6 is 0 Å². The Morgan fingerprint density at radius 1 is 1.12 bits per heavy atom. The lowest BCUT2D eigenvalue weighted by Crippen LogP contribution is -2.51. The zero-order valence-corrected chi connectivity index (χ0v) is 14.5. The fourth-order valence-corrected chi connectivity index (χ4v) is 2.52. The summed E-state index contributed by atoms with van der Waals surface area (Å²) in [6.07, 6.45) is -0.340. The quantitative estimate of drug-likeness (QED) is 0.803. The lowest BCUT2D eigenvalue weighted by atomic mass is 10.2. The summed E-state index contributed by atoms with van der Waals surface area (Å²) in [5.41, 5.74) is 1.09. The predicted molar refractivity (Wildman–Crippen MR) is 91.4 cm³/mol. The van der Waals surface area contributed by atoms with E-state index in [0.717, 1.165) is 0 Å². The zero-order chi connectivity index (χ0) is 18.2. The molecule has 0 unspecified atom stereocenters. The second kappa shape index (κ2) is 8.91. The molecule has 0 bridgehead atoms. The molecule has 1 aliphatic rings. The zero-order valence-electron chi connectivity index (χ0n) is 14.5. The van der Waals surface area contributed by atoms with Gasteiger partial charge in [-0.25, -0.2) is 9.59 Å². The minimum absolute atomic E-state index is 0.0630. The lowest BCUT2D eigenvalue weighted by molar-refractivity contribution is -0.130. The lowest BCUT2D eigenvalue weighted by Gasteiger charge is -2.34. The van der Waals surface area contributed by atoms with Gasteiger partial charge in [0, 0.05) is 31.9 Å². The van der Waals surface area contributed by atoms with E-state index < -0.39 is 5.97 Å². The maximum absolute atomic E-state index is 12.3. The summed E-state index contributed by atoms with van der Waals surface area (Å²) >= 11 is 0. The fraction of sp³-hybridized carbons (Fsp3) is 0.471. The summed E-state index contributed by atoms with van der Waals surface area (Å²) < 4.78 is 9.63. The van der Waals surface area contributed by atoms with Crippen LogP contribution < -0.4 is 5.32 Å². The summed E-state index contributed by atoms with van der Waals surface area (Å²) in [6, 6.07) is 6.78. The molecule has 2 amide bonds. The smallest absolute Gasteiger partial charge is 0.409 e. The summed E-state index contributed by atoms with van der Waals surface area (Å²) in [7, 11) is 1.32. The maximum atomic E-state index is 12.3. The summed E-state index contributed by atoms with van der Waals surface area (Å²) in [5, 5.41) is 3.01. The molecule has 0 saturated carbocycles. The Labute approximate surface area is 146 Å². The van der Waals surface area contributed by atoms with Gasteiger partial charge < -0.3 is 24.6 Å². The number of esters is 1. The van der Waals surface area contributed by atoms with Gasteiger partial charge in [0.1, 0.15) is 0 Å². The Balaban J connectivity index is 1.81. The highest BCUT2D eigenvalue weighted by atomic mass is 16.6. The standard InChI is InChI=1S/C17H23N3O5/c1-3-25-17(23)20-9-7-19(8-10-20)15(21)12-18-14-6-4-5-13(11-14)16(22)24-2/h4-6,11,18H,3,7-10,12H2,1-2H3. The number of nitrogens with one attached hydrogen (secondary N) is 1. The number of anilines is 1. The molecule has 1 N–H and O–H groups in total. The van der Waals surface area contributed by atoms with E-state index in [9.17, 15) is 14.4 Å². The van der Waals surface area contributed by atoms with E-state index in [1.165, 1.54) is 7.11 Å². The Kier molecular flexibility index (Phi) is 6.62. The number of carbonyl (C=O) groups is 3. The van der Waals surface area contributed by atoms with Crippen LogP contribution in [0.5, 0.6) is 0 Å². The molecule has 2 rings (SSSR count). The molecule has 136 valence electrons. The number of piperazine rings is 1. The maximum Gasteiger partial charge on any atom is 0.409 e. The number of ether oxygens (including phenoxy) is 2. The first-order valence-electron chi connectivity index (χ1n) is 8.17. The van der Waals surface area contributed by atoms with Crippen LogP contribution in [0.4, 0.5) is 10.5 Å². The monoisotopic (exact) mass is 349 g/mol. The highest BCUT2D eigenvalue weighted by Crippen LogP contribution is 2.12. The highest BCUT2D eigenvalue weighted by Gasteiger charge is 2.24. The number of methoxy groups -OCH3 is 1. The first kappa shape index (κ1) is 18.6. The minimum Gasteiger partial charge on any atom is -0.465 e. The van der Waals surface area contributed by atoms with Gasteiger partial charge in [0.15, 0.2) is 0 Å². The van der Waals surface area contributed by atoms with Crippen molar-refractivity contribution in [3.05, 3.63) is 29.8 Å². The Morgan fingerprint density at radius 2 is 1.80 bits per heavy atom. The first-order chi connectivity index (χ1) is 12.0. The van der Waals surface area contributed by atoms with Crippen molar-refractivity contribution < 1.29 is 23.9 Å². The largest absolute Gasteiger partial charge is 0.465 e. The normalized spacial score (nSPS) is 14.0. The molecule has 0 radical (unpaired) electrons. The molecule has 1 fully saturated rings. The average molecular weight is 349 g/mol. The Bertz CT molecular complexity index is 626. The van der Waals surface area contributed by atoms with Crippen molar-refractivity contribution in [2.24, 2.45) is 0 Å². The second-order valence-electron chi connectivity index (χ2n) is 5.49. The topological polar surface area (TPSA) is 88.2 Å². The SMILES string of the molecule is CCOC(=O)N1CCN(C(=O)CNc2cccc(C(=O)OC)c2)CC1. The molecule has 0 atom stereocenters. The summed E-state index contributed by atoms with van der Waals surface area (Å²) in [4.78, 5) is 38.7. The molecule has 25 heavy (non-hydrogen) atoms. The number of carbonyl (C=O) groups excluding carboxylic acids is 3. The van der Waals surface area contributed by atoms with Gasteiger partial charge in [0.25, 0.3) is 0 Å². The molecule has 8 heteroatoms. The van der Waals surface area contributed by atoms with E-state index in [2.05, 4.69) is 10.1 Å². The van der Waals surface area contributed by atoms with Crippen molar-refractivity contribution in [1.82, 2.24) is 9.80 Å². The predicted octanol–water partition coefficient (Wildman–Crippen LogP) is 1.19.